The summed E-state index contributed by atoms with van der Waals surface area (Å²) in [5, 5.41) is 26.8. The number of benzene rings is 2. The predicted molar refractivity (Wildman–Crippen MR) is 167 cm³/mol. The molecule has 0 bridgehead atoms. The number of alkyl carbamates (subject to hydrolysis) is 1. The molecular weight excluding hydrogens is 602 g/mol. The summed E-state index contributed by atoms with van der Waals surface area (Å²) in [4.78, 5) is 13.2. The maximum Gasteiger partial charge on any atom is 0.407 e. The van der Waals surface area contributed by atoms with Gasteiger partial charge in [0.2, 0.25) is 10.0 Å². The fraction of sp³-hybridized carbons (Fsp3) is 0.562. The lowest BCUT2D eigenvalue weighted by Crippen LogP contribution is -2.52. The van der Waals surface area contributed by atoms with Gasteiger partial charge in [0.15, 0.2) is 6.29 Å². The topological polar surface area (TPSA) is 156 Å². The third-order valence-electron chi connectivity index (χ3n) is 8.34. The molecule has 2 aromatic carbocycles. The van der Waals surface area contributed by atoms with Crippen molar-refractivity contribution in [1.82, 2.24) is 9.62 Å². The Hall–Kier alpha value is -3.23. The summed E-state index contributed by atoms with van der Waals surface area (Å²) in [5.74, 6) is 0.452. The van der Waals surface area contributed by atoms with Crippen molar-refractivity contribution in [3.8, 4) is 5.75 Å². The Labute approximate surface area is 265 Å². The van der Waals surface area contributed by atoms with E-state index >= 15 is 0 Å². The molecule has 13 heteroatoms. The molecule has 2 aliphatic heterocycles. The molecule has 12 nitrogen and oxygen atoms in total. The molecule has 2 aromatic rings. The summed E-state index contributed by atoms with van der Waals surface area (Å²) in [5.41, 5.74) is 0.815. The molecule has 0 aliphatic carbocycles. The molecule has 0 radical (unpaired) electrons. The van der Waals surface area contributed by atoms with E-state index in [0.717, 1.165) is 12.0 Å². The predicted octanol–water partition coefficient (Wildman–Crippen LogP) is 3.80. The van der Waals surface area contributed by atoms with Crippen LogP contribution in [-0.4, -0.2) is 92.8 Å². The van der Waals surface area contributed by atoms with Crippen molar-refractivity contribution in [1.29, 1.82) is 0 Å². The number of amides is 1. The second kappa shape index (κ2) is 15.4. The SMILES string of the molecule is COc1ccc(S(=O)(=O)N(C[C@H](O)[C@H](Cc2ccccc2)NC(=O)O[C@H]2CO[C@H]3OCC[C@H]32)CC(C)(C)CCC(C)=NO)cc1. The van der Waals surface area contributed by atoms with Crippen molar-refractivity contribution >= 4 is 21.8 Å². The smallest absolute Gasteiger partial charge is 0.407 e. The Kier molecular flexibility index (Phi) is 11.8. The van der Waals surface area contributed by atoms with Gasteiger partial charge in [-0.25, -0.2) is 13.2 Å². The normalized spacial score (nSPS) is 21.7. The van der Waals surface area contributed by atoms with Gasteiger partial charge in [0.05, 0.1) is 49.0 Å². The zero-order valence-corrected chi connectivity index (χ0v) is 27.1. The zero-order chi connectivity index (χ0) is 32.6. The largest absolute Gasteiger partial charge is 0.497 e. The second-order valence-electron chi connectivity index (χ2n) is 12.4. The number of sulfonamides is 1. The highest BCUT2D eigenvalue weighted by Crippen LogP contribution is 2.33. The van der Waals surface area contributed by atoms with Gasteiger partial charge in [0.25, 0.3) is 0 Å². The molecule has 0 aromatic heterocycles. The molecule has 0 unspecified atom stereocenters. The van der Waals surface area contributed by atoms with E-state index in [2.05, 4.69) is 10.5 Å². The van der Waals surface area contributed by atoms with Crippen LogP contribution in [-0.2, 0) is 30.7 Å². The minimum atomic E-state index is -4.10. The number of carbonyl (C=O) groups is 1. The summed E-state index contributed by atoms with van der Waals surface area (Å²) in [6.07, 6.45) is -0.947. The van der Waals surface area contributed by atoms with Gasteiger partial charge in [-0.3, -0.25) is 0 Å². The molecule has 3 N–H and O–H groups in total. The van der Waals surface area contributed by atoms with Gasteiger partial charge in [0, 0.05) is 13.1 Å². The summed E-state index contributed by atoms with van der Waals surface area (Å²) >= 11 is 0. The van der Waals surface area contributed by atoms with E-state index in [9.17, 15) is 18.3 Å². The average Bonchev–Trinajstić information content (AvgIpc) is 3.65. The summed E-state index contributed by atoms with van der Waals surface area (Å²) < 4.78 is 51.4. The fourth-order valence-corrected chi connectivity index (χ4v) is 7.27. The Bertz CT molecular complexity index is 1390. The van der Waals surface area contributed by atoms with Crippen molar-refractivity contribution < 1.29 is 42.5 Å². The summed E-state index contributed by atoms with van der Waals surface area (Å²) in [7, 11) is -2.60. The lowest BCUT2D eigenvalue weighted by atomic mass is 9.86. The minimum Gasteiger partial charge on any atom is -0.497 e. The van der Waals surface area contributed by atoms with Gasteiger partial charge in [-0.1, -0.05) is 49.3 Å². The highest BCUT2D eigenvalue weighted by molar-refractivity contribution is 7.89. The highest BCUT2D eigenvalue weighted by Gasteiger charge is 2.44. The molecule has 2 fully saturated rings. The Balaban J connectivity index is 1.57. The number of methoxy groups -OCH3 is 1. The zero-order valence-electron chi connectivity index (χ0n) is 26.3. The molecule has 0 saturated carbocycles. The van der Waals surface area contributed by atoms with E-state index in [4.69, 9.17) is 24.2 Å². The first-order valence-electron chi connectivity index (χ1n) is 15.2. The lowest BCUT2D eigenvalue weighted by Gasteiger charge is -2.35. The number of rotatable bonds is 15. The van der Waals surface area contributed by atoms with E-state index in [-0.39, 0.29) is 43.2 Å². The van der Waals surface area contributed by atoms with Gasteiger partial charge in [-0.15, -0.1) is 0 Å². The molecule has 0 spiro atoms. The molecule has 248 valence electrons. The number of nitrogens with zero attached hydrogens (tertiary/aromatic N) is 2. The monoisotopic (exact) mass is 647 g/mol. The van der Waals surface area contributed by atoms with Crippen LogP contribution in [0, 0.1) is 11.3 Å². The maximum absolute atomic E-state index is 14.1. The van der Waals surface area contributed by atoms with Crippen LogP contribution >= 0.6 is 0 Å². The number of aliphatic hydroxyl groups is 1. The van der Waals surface area contributed by atoms with Crippen LogP contribution in [0.2, 0.25) is 0 Å². The highest BCUT2D eigenvalue weighted by atomic mass is 32.2. The fourth-order valence-electron chi connectivity index (χ4n) is 5.63. The standard InChI is InChI=1S/C32H45N3O9S/c1-22(34-38)14-16-32(2,3)21-35(45(39,40)25-12-10-24(41-4)11-13-25)19-28(36)27(18-23-8-6-5-7-9-23)33-31(37)44-29-20-43-30-26(29)15-17-42-30/h5-13,26-30,36,38H,14-21H2,1-4H3,(H,33,37)/t26-,27-,28-,29-,30+/m0/s1. The molecular formula is C32H45N3O9S. The molecule has 2 saturated heterocycles. The number of nitrogens with one attached hydrogen (secondary N) is 1. The van der Waals surface area contributed by atoms with Crippen molar-refractivity contribution in [2.45, 2.75) is 75.9 Å². The minimum absolute atomic E-state index is 0.0425. The van der Waals surface area contributed by atoms with E-state index in [0.29, 0.717) is 30.9 Å². The maximum atomic E-state index is 14.1. The molecule has 4 rings (SSSR count). The number of ether oxygens (including phenoxy) is 4. The van der Waals surface area contributed by atoms with Gasteiger partial charge >= 0.3 is 6.09 Å². The average molecular weight is 648 g/mol. The van der Waals surface area contributed by atoms with Gasteiger partial charge < -0.3 is 34.6 Å². The van der Waals surface area contributed by atoms with Gasteiger partial charge in [-0.05, 0) is 67.9 Å². The second-order valence-corrected chi connectivity index (χ2v) is 14.4. The van der Waals surface area contributed by atoms with Crippen molar-refractivity contribution in [2.75, 3.05) is 33.4 Å². The van der Waals surface area contributed by atoms with Crippen LogP contribution in [0.4, 0.5) is 4.79 Å². The third-order valence-corrected chi connectivity index (χ3v) is 10.2. The number of oxime groups is 1. The summed E-state index contributed by atoms with van der Waals surface area (Å²) in [6.45, 7) is 6.05. The van der Waals surface area contributed by atoms with Crippen LogP contribution in [0.15, 0.2) is 64.6 Å². The van der Waals surface area contributed by atoms with Crippen LogP contribution in [0.5, 0.6) is 5.75 Å². The summed E-state index contributed by atoms with van der Waals surface area (Å²) in [6, 6.07) is 14.5. The third kappa shape index (κ3) is 9.39. The van der Waals surface area contributed by atoms with Crippen molar-refractivity contribution in [3.63, 3.8) is 0 Å². The van der Waals surface area contributed by atoms with E-state index < -0.39 is 39.8 Å². The number of fused-ring (bicyclic) bond motifs is 1. The molecule has 2 heterocycles. The number of hydrogen-bond acceptors (Lipinski definition) is 10. The van der Waals surface area contributed by atoms with E-state index in [1.54, 1.807) is 19.1 Å². The van der Waals surface area contributed by atoms with Crippen LogP contribution < -0.4 is 10.1 Å². The van der Waals surface area contributed by atoms with E-state index in [1.807, 2.05) is 44.2 Å². The molecule has 5 atom stereocenters. The number of hydrogen-bond donors (Lipinski definition) is 3. The first-order valence-corrected chi connectivity index (χ1v) is 16.6. The van der Waals surface area contributed by atoms with Crippen molar-refractivity contribution in [3.05, 3.63) is 60.2 Å². The van der Waals surface area contributed by atoms with Crippen LogP contribution in [0.25, 0.3) is 0 Å². The molecule has 45 heavy (non-hydrogen) atoms. The van der Waals surface area contributed by atoms with Gasteiger partial charge in [-0.2, -0.15) is 4.31 Å². The van der Waals surface area contributed by atoms with E-state index in [1.165, 1.54) is 23.5 Å². The first kappa shape index (κ1) is 34.6. The number of aliphatic hydroxyl groups excluding tert-OH is 1. The van der Waals surface area contributed by atoms with Crippen LogP contribution in [0.1, 0.15) is 45.6 Å². The molecule has 2 aliphatic rings. The lowest BCUT2D eigenvalue weighted by molar-refractivity contribution is -0.0907. The van der Waals surface area contributed by atoms with Gasteiger partial charge in [0.1, 0.15) is 11.9 Å². The first-order chi connectivity index (χ1) is 21.4. The molecule has 1 amide bonds. The number of carbonyl (C=O) groups excluding carboxylic acids is 1. The van der Waals surface area contributed by atoms with Crippen LogP contribution in [0.3, 0.4) is 0 Å². The Morgan fingerprint density at radius 2 is 1.87 bits per heavy atom. The van der Waals surface area contributed by atoms with Crippen molar-refractivity contribution in [2.24, 2.45) is 16.5 Å². The Morgan fingerprint density at radius 3 is 2.53 bits per heavy atom. The quantitative estimate of drug-likeness (QED) is 0.149. The Morgan fingerprint density at radius 1 is 1.16 bits per heavy atom.